The van der Waals surface area contributed by atoms with Gasteiger partial charge in [0.1, 0.15) is 28.2 Å². The molecule has 0 radical (unpaired) electrons. The number of pyridine rings is 4. The molecule has 0 aliphatic carbocycles. The zero-order chi connectivity index (χ0) is 72.8. The Kier molecular flexibility index (Phi) is 22.2. The van der Waals surface area contributed by atoms with Gasteiger partial charge in [0.15, 0.2) is 24.8 Å². The molecule has 0 aliphatic heterocycles. The van der Waals surface area contributed by atoms with E-state index in [1.165, 1.54) is 95.0 Å². The van der Waals surface area contributed by atoms with E-state index in [-0.39, 0.29) is 32.5 Å². The number of benzene rings is 4. The summed E-state index contributed by atoms with van der Waals surface area (Å²) in [5, 5.41) is 0. The molecule has 4 aromatic carbocycles. The average molecular weight is 1230 g/mol. The Hall–Kier alpha value is -6.52. The maximum absolute atomic E-state index is 7.65. The van der Waals surface area contributed by atoms with E-state index in [4.69, 9.17) is 6.85 Å². The van der Waals surface area contributed by atoms with Crippen LogP contribution in [-0.2, 0) is 60.7 Å². The second-order valence-electron chi connectivity index (χ2n) is 30.6. The van der Waals surface area contributed by atoms with Gasteiger partial charge in [-0.05, 0) is 202 Å². The van der Waals surface area contributed by atoms with Crippen molar-refractivity contribution in [1.29, 1.82) is 0 Å². The molecular formula is C87H126N4+4. The highest BCUT2D eigenvalue weighted by Crippen LogP contribution is 2.41. The van der Waals surface area contributed by atoms with E-state index in [0.717, 1.165) is 66.5 Å². The molecule has 0 spiro atoms. The van der Waals surface area contributed by atoms with Crippen molar-refractivity contribution >= 4 is 0 Å². The summed E-state index contributed by atoms with van der Waals surface area (Å²) in [6, 6.07) is 36.1. The number of nitrogens with zero attached hydrogens (tertiary/aromatic N) is 4. The third kappa shape index (κ3) is 17.6. The van der Waals surface area contributed by atoms with Crippen molar-refractivity contribution in [2.75, 3.05) is 0 Å². The predicted molar refractivity (Wildman–Crippen MR) is 395 cm³/mol. The molecule has 8 rings (SSSR count). The average Bonchev–Trinajstić information content (AvgIpc) is 0.777. The SMILES string of the molecule is CCC(C)(C)c1c[n+](C)c(-c2ccc(C)cc2C)cc1C.CCC(C)(C)c1cc(-c2ccccc2C)[n+](C)cc1C(C)(C)CC.[2H]C([2H])([2H])c1ccc(-c2cc(C)c(C(C)(C)CC)c[n+]2C)c(C)c1.[2H]C([2H])c1ccc(-c2cc(C(C)(C)CC)c(C(C)(C)CC)c[n+]2C)c(C)c1. The second kappa shape index (κ2) is 30.0. The van der Waals surface area contributed by atoms with E-state index in [0.29, 0.717) is 5.56 Å². The molecule has 8 aromatic rings. The zero-order valence-corrected chi connectivity index (χ0v) is 62.7. The lowest BCUT2D eigenvalue weighted by atomic mass is 9.71. The van der Waals surface area contributed by atoms with Gasteiger partial charge < -0.3 is 0 Å². The van der Waals surface area contributed by atoms with Gasteiger partial charge in [0, 0.05) is 75.6 Å². The topological polar surface area (TPSA) is 15.5 Å². The van der Waals surface area contributed by atoms with Gasteiger partial charge in [0.25, 0.3) is 0 Å². The van der Waals surface area contributed by atoms with Crippen LogP contribution in [0.25, 0.3) is 45.0 Å². The lowest BCUT2D eigenvalue weighted by molar-refractivity contribution is -0.661. The maximum atomic E-state index is 7.65. The van der Waals surface area contributed by atoms with Gasteiger partial charge in [-0.15, -0.1) is 0 Å². The van der Waals surface area contributed by atoms with Crippen LogP contribution >= 0.6 is 0 Å². The molecule has 0 saturated carbocycles. The third-order valence-corrected chi connectivity index (χ3v) is 21.3. The van der Waals surface area contributed by atoms with Crippen molar-refractivity contribution in [3.05, 3.63) is 211 Å². The first-order valence-corrected chi connectivity index (χ1v) is 34.1. The minimum absolute atomic E-state index is 0.103. The van der Waals surface area contributed by atoms with Crippen LogP contribution in [0.15, 0.2) is 128 Å². The Morgan fingerprint density at radius 2 is 0.560 bits per heavy atom. The van der Waals surface area contributed by atoms with Crippen LogP contribution in [-0.4, -0.2) is 0 Å². The zero-order valence-electron chi connectivity index (χ0n) is 67.7. The van der Waals surface area contributed by atoms with E-state index in [1.807, 2.05) is 25.1 Å². The van der Waals surface area contributed by atoms with Gasteiger partial charge in [0.2, 0.25) is 22.8 Å². The molecule has 0 bridgehead atoms. The van der Waals surface area contributed by atoms with Gasteiger partial charge in [-0.1, -0.05) is 196 Å². The molecule has 4 heterocycles. The van der Waals surface area contributed by atoms with Gasteiger partial charge in [-0.3, -0.25) is 0 Å². The molecule has 0 atom stereocenters. The number of aryl methyl sites for hydroxylation is 13. The van der Waals surface area contributed by atoms with Crippen molar-refractivity contribution in [2.45, 2.75) is 258 Å². The largest absolute Gasteiger partial charge is 0.212 e. The lowest BCUT2D eigenvalue weighted by Gasteiger charge is -2.32. The molecule has 0 amide bonds. The molecule has 0 aliphatic rings. The molecule has 0 unspecified atom stereocenters. The molecule has 0 N–H and O–H groups in total. The monoisotopic (exact) mass is 1230 g/mol. The summed E-state index contributed by atoms with van der Waals surface area (Å²) in [4.78, 5) is 0. The summed E-state index contributed by atoms with van der Waals surface area (Å²) >= 11 is 0. The first-order chi connectivity index (χ1) is 44.3. The first-order valence-electron chi connectivity index (χ1n) is 36.8. The Bertz CT molecular complexity index is 4000. The van der Waals surface area contributed by atoms with E-state index >= 15 is 0 Å². The second-order valence-corrected chi connectivity index (χ2v) is 30.6. The molecule has 4 aromatic heterocycles. The highest BCUT2D eigenvalue weighted by molar-refractivity contribution is 5.66. The fraction of sp³-hybridized carbons (Fsp3) is 0.494. The first kappa shape index (κ1) is 67.4. The van der Waals surface area contributed by atoms with Crippen LogP contribution in [0, 0.1) is 62.2 Å². The molecular weight excluding hydrogens is 1100 g/mol. The standard InChI is InChI=1S/C24H36N.C23H34N.2C20H28N/c1-10-23(5,6)20-15-22(19-13-12-17(3)14-18(19)4)25(9)16-21(20)24(7,8)11-2;1-9-22(4,5)19-15-21(18-14-12-11-13-17(18)3)24(8)16-20(19)23(6,7)10-2;2*1-8-20(5,6)18-13-21(7)19(12-16(18)4)17-10-9-14(2)11-15(17)3/h12-16H,10-11H2,1-9H3;11-16H,9-10H2,1-8H3;2*9-13H,8H2,1-7H3/q4*+1/i3D2;;2D3;. The van der Waals surface area contributed by atoms with Gasteiger partial charge in [-0.2, -0.15) is 0 Å². The number of hydrogen-bond acceptors (Lipinski definition) is 0. The fourth-order valence-electron chi connectivity index (χ4n) is 12.5. The van der Waals surface area contributed by atoms with Crippen molar-refractivity contribution in [1.82, 2.24) is 0 Å². The van der Waals surface area contributed by atoms with E-state index in [2.05, 4.69) is 310 Å². The molecule has 0 saturated heterocycles. The number of hydrogen-bond donors (Lipinski definition) is 0. The van der Waals surface area contributed by atoms with Crippen molar-refractivity contribution in [2.24, 2.45) is 28.2 Å². The van der Waals surface area contributed by atoms with E-state index in [9.17, 15) is 0 Å². The Labute approximate surface area is 564 Å². The third-order valence-electron chi connectivity index (χ3n) is 21.3. The lowest BCUT2D eigenvalue weighted by Crippen LogP contribution is -2.37. The Morgan fingerprint density at radius 3 is 0.890 bits per heavy atom. The van der Waals surface area contributed by atoms with Crippen LogP contribution in [0.3, 0.4) is 0 Å². The van der Waals surface area contributed by atoms with Crippen LogP contribution < -0.4 is 18.3 Å². The van der Waals surface area contributed by atoms with Crippen LogP contribution in [0.4, 0.5) is 0 Å². The van der Waals surface area contributed by atoms with Crippen molar-refractivity contribution in [3.8, 4) is 45.0 Å². The minimum Gasteiger partial charge on any atom is -0.201 e. The van der Waals surface area contributed by atoms with Crippen LogP contribution in [0.5, 0.6) is 0 Å². The highest BCUT2D eigenvalue weighted by Gasteiger charge is 2.36. The van der Waals surface area contributed by atoms with Crippen LogP contribution in [0.1, 0.15) is 253 Å². The Balaban J connectivity index is 0.000000232. The van der Waals surface area contributed by atoms with Gasteiger partial charge >= 0.3 is 0 Å². The smallest absolute Gasteiger partial charge is 0.201 e. The van der Waals surface area contributed by atoms with Gasteiger partial charge in [-0.25, -0.2) is 18.3 Å². The highest BCUT2D eigenvalue weighted by atomic mass is 14.9. The summed E-state index contributed by atoms with van der Waals surface area (Å²) in [6.07, 6.45) is 15.9. The molecule has 91 heavy (non-hydrogen) atoms. The predicted octanol–water partition coefficient (Wildman–Crippen LogP) is 21.6. The van der Waals surface area contributed by atoms with E-state index in [1.54, 1.807) is 12.1 Å². The number of aromatic nitrogens is 4. The summed E-state index contributed by atoms with van der Waals surface area (Å²) in [5.74, 6) is 0. The minimum atomic E-state index is -2.06. The molecule has 4 heteroatoms. The normalized spacial score (nSPS) is 13.1. The number of rotatable bonds is 16. The molecule has 490 valence electrons. The van der Waals surface area contributed by atoms with Crippen molar-refractivity contribution in [3.63, 3.8) is 0 Å². The molecule has 0 fully saturated rings. The fourth-order valence-corrected chi connectivity index (χ4v) is 12.5. The van der Waals surface area contributed by atoms with Crippen LogP contribution in [0.2, 0.25) is 0 Å². The summed E-state index contributed by atoms with van der Waals surface area (Å²) in [6.45, 7) is 53.6. The van der Waals surface area contributed by atoms with E-state index < -0.39 is 13.7 Å². The van der Waals surface area contributed by atoms with Gasteiger partial charge in [0.05, 0.1) is 0 Å². The van der Waals surface area contributed by atoms with Crippen molar-refractivity contribution < 1.29 is 25.1 Å². The summed E-state index contributed by atoms with van der Waals surface area (Å²) in [7, 11) is 8.52. The quantitative estimate of drug-likeness (QED) is 0.0857. The maximum Gasteiger partial charge on any atom is 0.212 e. The summed E-state index contributed by atoms with van der Waals surface area (Å²) < 4.78 is 47.0. The molecule has 4 nitrogen and oxygen atoms in total. The summed E-state index contributed by atoms with van der Waals surface area (Å²) in [5.41, 5.74) is 29.3. The Morgan fingerprint density at radius 1 is 0.286 bits per heavy atom.